The first-order valence-corrected chi connectivity index (χ1v) is 8.71. The molecule has 0 aliphatic rings. The van der Waals surface area contributed by atoms with Crippen molar-refractivity contribution in [2.45, 2.75) is 51.7 Å². The molecule has 0 heterocycles. The Balaban J connectivity index is 2.50. The van der Waals surface area contributed by atoms with Crippen molar-refractivity contribution in [2.75, 3.05) is 13.7 Å². The molecule has 132 valence electrons. The topological polar surface area (TPSA) is 71.3 Å². The number of ether oxygens (including phenoxy) is 2. The third-order valence-electron chi connectivity index (χ3n) is 3.26. The summed E-state index contributed by atoms with van der Waals surface area (Å²) in [6.07, 6.45) is 2.11. The quantitative estimate of drug-likeness (QED) is 0.749. The van der Waals surface area contributed by atoms with Crippen molar-refractivity contribution >= 4 is 22.0 Å². The Hall–Kier alpha value is -1.58. The summed E-state index contributed by atoms with van der Waals surface area (Å²) in [6.45, 7) is 5.94. The largest absolute Gasteiger partial charge is 0.444 e. The zero-order chi connectivity index (χ0) is 18.2. The second-order valence-electron chi connectivity index (χ2n) is 6.62. The summed E-state index contributed by atoms with van der Waals surface area (Å²) in [5, 5.41) is 11.8. The van der Waals surface area contributed by atoms with Crippen molar-refractivity contribution in [1.29, 1.82) is 5.26 Å². The second kappa shape index (κ2) is 9.65. The van der Waals surface area contributed by atoms with E-state index in [-0.39, 0.29) is 6.04 Å². The molecule has 0 aliphatic carbocycles. The first-order chi connectivity index (χ1) is 11.2. The molecule has 0 spiro atoms. The van der Waals surface area contributed by atoms with Crippen LogP contribution in [0.25, 0.3) is 0 Å². The summed E-state index contributed by atoms with van der Waals surface area (Å²) < 4.78 is 11.3. The number of nitrogens with zero attached hydrogens (tertiary/aromatic N) is 1. The molecule has 0 unspecified atom stereocenters. The first-order valence-electron chi connectivity index (χ1n) is 7.92. The minimum atomic E-state index is -0.517. The lowest BCUT2D eigenvalue weighted by Crippen LogP contribution is -2.41. The van der Waals surface area contributed by atoms with E-state index >= 15 is 0 Å². The maximum Gasteiger partial charge on any atom is 0.407 e. The summed E-state index contributed by atoms with van der Waals surface area (Å²) in [6, 6.07) is 7.77. The lowest BCUT2D eigenvalue weighted by molar-refractivity contribution is 0.0464. The van der Waals surface area contributed by atoms with Gasteiger partial charge in [0.1, 0.15) is 11.7 Å². The van der Waals surface area contributed by atoms with Crippen LogP contribution in [-0.2, 0) is 15.9 Å². The van der Waals surface area contributed by atoms with Crippen LogP contribution in [0.3, 0.4) is 0 Å². The molecule has 1 rings (SSSR count). The number of hydrogen-bond donors (Lipinski definition) is 1. The highest BCUT2D eigenvalue weighted by molar-refractivity contribution is 9.10. The Morgan fingerprint density at radius 3 is 2.67 bits per heavy atom. The summed E-state index contributed by atoms with van der Waals surface area (Å²) in [7, 11) is 1.61. The van der Waals surface area contributed by atoms with Gasteiger partial charge in [0.25, 0.3) is 0 Å². The summed E-state index contributed by atoms with van der Waals surface area (Å²) in [4.78, 5) is 11.9. The number of hydrogen-bond acceptors (Lipinski definition) is 4. The van der Waals surface area contributed by atoms with E-state index in [1.165, 1.54) is 0 Å². The molecule has 1 N–H and O–H groups in total. The van der Waals surface area contributed by atoms with E-state index < -0.39 is 11.7 Å². The predicted octanol–water partition coefficient (Wildman–Crippen LogP) is 4.18. The zero-order valence-electron chi connectivity index (χ0n) is 14.7. The average Bonchev–Trinajstić information content (AvgIpc) is 2.45. The molecule has 1 aromatic rings. The molecule has 0 fully saturated rings. The van der Waals surface area contributed by atoms with Crippen LogP contribution in [0.15, 0.2) is 22.7 Å². The highest BCUT2D eigenvalue weighted by atomic mass is 79.9. The molecule has 0 radical (unpaired) electrons. The van der Waals surface area contributed by atoms with Crippen LogP contribution in [0, 0.1) is 11.3 Å². The fraction of sp³-hybridized carbons (Fsp3) is 0.556. The van der Waals surface area contributed by atoms with E-state index in [0.29, 0.717) is 12.2 Å². The van der Waals surface area contributed by atoms with E-state index in [9.17, 15) is 4.79 Å². The lowest BCUT2D eigenvalue weighted by atomic mass is 10.0. The van der Waals surface area contributed by atoms with Crippen molar-refractivity contribution in [1.82, 2.24) is 5.32 Å². The molecule has 24 heavy (non-hydrogen) atoms. The van der Waals surface area contributed by atoms with Gasteiger partial charge in [-0.2, -0.15) is 5.26 Å². The molecule has 0 saturated heterocycles. The van der Waals surface area contributed by atoms with E-state index in [1.54, 1.807) is 7.11 Å². The fourth-order valence-electron chi connectivity index (χ4n) is 2.23. The molecule has 1 amide bonds. The van der Waals surface area contributed by atoms with Gasteiger partial charge in [-0.25, -0.2) is 4.79 Å². The van der Waals surface area contributed by atoms with Crippen LogP contribution in [0.2, 0.25) is 0 Å². The monoisotopic (exact) mass is 396 g/mol. The maximum atomic E-state index is 11.9. The number of nitriles is 1. The summed E-state index contributed by atoms with van der Waals surface area (Å²) in [5.41, 5.74) is 1.26. The molecular formula is C18H25BrN2O3. The van der Waals surface area contributed by atoms with E-state index in [2.05, 4.69) is 27.3 Å². The minimum absolute atomic E-state index is 0.0910. The Bertz CT molecular complexity index is 591. The van der Waals surface area contributed by atoms with Gasteiger partial charge in [0, 0.05) is 11.6 Å². The van der Waals surface area contributed by atoms with Gasteiger partial charge >= 0.3 is 6.09 Å². The van der Waals surface area contributed by atoms with Crippen LogP contribution < -0.4 is 5.32 Å². The number of methoxy groups -OCH3 is 1. The third-order valence-corrected chi connectivity index (χ3v) is 3.92. The molecule has 0 bridgehead atoms. The van der Waals surface area contributed by atoms with Gasteiger partial charge in [-0.1, -0.05) is 6.07 Å². The summed E-state index contributed by atoms with van der Waals surface area (Å²) >= 11 is 3.40. The first kappa shape index (κ1) is 20.5. The van der Waals surface area contributed by atoms with Crippen molar-refractivity contribution in [2.24, 2.45) is 0 Å². The minimum Gasteiger partial charge on any atom is -0.444 e. The maximum absolute atomic E-state index is 11.9. The summed E-state index contributed by atoms with van der Waals surface area (Å²) in [5.74, 6) is 0. The number of amides is 1. The Morgan fingerprint density at radius 1 is 1.42 bits per heavy atom. The van der Waals surface area contributed by atoms with Gasteiger partial charge < -0.3 is 14.8 Å². The van der Waals surface area contributed by atoms with Crippen molar-refractivity contribution in [3.05, 3.63) is 33.8 Å². The van der Waals surface area contributed by atoms with Gasteiger partial charge in [-0.05, 0) is 73.7 Å². The number of benzene rings is 1. The second-order valence-corrected chi connectivity index (χ2v) is 7.47. The van der Waals surface area contributed by atoms with Crippen LogP contribution in [-0.4, -0.2) is 31.5 Å². The molecule has 1 aromatic carbocycles. The SMILES string of the molecule is COC[C@@H](CCCc1ccc(C#N)c(Br)c1)NC(=O)OC(C)(C)C. The Kier molecular flexibility index (Phi) is 8.23. The number of alkyl carbamates (subject to hydrolysis) is 1. The Labute approximate surface area is 152 Å². The van der Waals surface area contributed by atoms with E-state index in [0.717, 1.165) is 29.3 Å². The average molecular weight is 397 g/mol. The molecule has 0 aromatic heterocycles. The number of carbonyl (C=O) groups excluding carboxylic acids is 1. The van der Waals surface area contributed by atoms with Crippen molar-refractivity contribution in [3.8, 4) is 6.07 Å². The smallest absolute Gasteiger partial charge is 0.407 e. The molecule has 6 heteroatoms. The van der Waals surface area contributed by atoms with Gasteiger partial charge in [-0.15, -0.1) is 0 Å². The molecule has 0 saturated carbocycles. The highest BCUT2D eigenvalue weighted by Crippen LogP contribution is 2.19. The third kappa shape index (κ3) is 7.80. The normalized spacial score (nSPS) is 12.3. The van der Waals surface area contributed by atoms with Gasteiger partial charge in [0.2, 0.25) is 0 Å². The zero-order valence-corrected chi connectivity index (χ0v) is 16.3. The van der Waals surface area contributed by atoms with E-state index in [4.69, 9.17) is 14.7 Å². The van der Waals surface area contributed by atoms with Gasteiger partial charge in [-0.3, -0.25) is 0 Å². The van der Waals surface area contributed by atoms with Gasteiger partial charge in [0.05, 0.1) is 18.2 Å². The fourth-order valence-corrected chi connectivity index (χ4v) is 2.74. The number of carbonyl (C=O) groups is 1. The van der Waals surface area contributed by atoms with Crippen LogP contribution in [0.4, 0.5) is 4.79 Å². The number of aryl methyl sites for hydroxylation is 1. The lowest BCUT2D eigenvalue weighted by Gasteiger charge is -2.23. The highest BCUT2D eigenvalue weighted by Gasteiger charge is 2.19. The predicted molar refractivity (Wildman–Crippen MR) is 96.8 cm³/mol. The standard InChI is InChI=1S/C18H25BrN2O3/c1-18(2,3)24-17(22)21-15(12-23-4)7-5-6-13-8-9-14(11-20)16(19)10-13/h8-10,15H,5-7,12H2,1-4H3,(H,21,22)/t15-/m1/s1. The number of nitrogens with one attached hydrogen (secondary N) is 1. The molecule has 5 nitrogen and oxygen atoms in total. The van der Waals surface area contributed by atoms with Crippen LogP contribution in [0.1, 0.15) is 44.7 Å². The van der Waals surface area contributed by atoms with Gasteiger partial charge in [0.15, 0.2) is 0 Å². The van der Waals surface area contributed by atoms with E-state index in [1.807, 2.05) is 39.0 Å². The van der Waals surface area contributed by atoms with Crippen molar-refractivity contribution < 1.29 is 14.3 Å². The number of halogens is 1. The Morgan fingerprint density at radius 2 is 2.12 bits per heavy atom. The van der Waals surface area contributed by atoms with Crippen molar-refractivity contribution in [3.63, 3.8) is 0 Å². The molecule has 1 atom stereocenters. The van der Waals surface area contributed by atoms with Crippen LogP contribution in [0.5, 0.6) is 0 Å². The number of rotatable bonds is 7. The molecule has 0 aliphatic heterocycles. The van der Waals surface area contributed by atoms with Crippen LogP contribution >= 0.6 is 15.9 Å². The molecular weight excluding hydrogens is 372 g/mol.